The maximum Gasteiger partial charge on any atom is 0.0867 e. The Morgan fingerprint density at radius 3 is 2.11 bits per heavy atom. The van der Waals surface area contributed by atoms with E-state index in [4.69, 9.17) is 4.74 Å². The molecule has 0 spiro atoms. The highest BCUT2D eigenvalue weighted by atomic mass is 16.5. The molecule has 0 radical (unpaired) electrons. The Labute approximate surface area is 56.0 Å². The van der Waals surface area contributed by atoms with Gasteiger partial charge < -0.3 is 4.74 Å². The summed E-state index contributed by atoms with van der Waals surface area (Å²) in [6.07, 6.45) is 7.63. The van der Waals surface area contributed by atoms with Crippen LogP contribution >= 0.6 is 0 Å². The van der Waals surface area contributed by atoms with Gasteiger partial charge in [0, 0.05) is 5.92 Å². The SMILES string of the molecule is CC(C)C1C=COC=C1. The van der Waals surface area contributed by atoms with E-state index in [1.807, 2.05) is 0 Å². The Morgan fingerprint density at radius 1 is 1.22 bits per heavy atom. The van der Waals surface area contributed by atoms with Crippen molar-refractivity contribution >= 4 is 0 Å². The predicted molar refractivity (Wildman–Crippen MR) is 37.7 cm³/mol. The Morgan fingerprint density at radius 2 is 1.78 bits per heavy atom. The molecule has 0 amide bonds. The maximum absolute atomic E-state index is 4.89. The first-order chi connectivity index (χ1) is 4.30. The van der Waals surface area contributed by atoms with Gasteiger partial charge in [0.2, 0.25) is 0 Å². The van der Waals surface area contributed by atoms with Crippen molar-refractivity contribution < 1.29 is 4.74 Å². The van der Waals surface area contributed by atoms with Crippen LogP contribution in [0.2, 0.25) is 0 Å². The highest BCUT2D eigenvalue weighted by molar-refractivity contribution is 5.02. The molecule has 1 aliphatic rings. The van der Waals surface area contributed by atoms with Crippen LogP contribution in [-0.4, -0.2) is 0 Å². The average molecular weight is 124 g/mol. The van der Waals surface area contributed by atoms with Crippen LogP contribution in [0.15, 0.2) is 24.7 Å². The first-order valence-electron chi connectivity index (χ1n) is 3.29. The van der Waals surface area contributed by atoms with E-state index in [2.05, 4.69) is 26.0 Å². The maximum atomic E-state index is 4.89. The summed E-state index contributed by atoms with van der Waals surface area (Å²) in [5.41, 5.74) is 0. The van der Waals surface area contributed by atoms with Gasteiger partial charge in [-0.3, -0.25) is 0 Å². The van der Waals surface area contributed by atoms with Crippen LogP contribution in [0.5, 0.6) is 0 Å². The fraction of sp³-hybridized carbons (Fsp3) is 0.500. The summed E-state index contributed by atoms with van der Waals surface area (Å²) in [7, 11) is 0. The number of rotatable bonds is 1. The van der Waals surface area contributed by atoms with E-state index in [9.17, 15) is 0 Å². The summed E-state index contributed by atoms with van der Waals surface area (Å²) >= 11 is 0. The molecule has 9 heavy (non-hydrogen) atoms. The molecular weight excluding hydrogens is 112 g/mol. The summed E-state index contributed by atoms with van der Waals surface area (Å²) in [6, 6.07) is 0. The monoisotopic (exact) mass is 124 g/mol. The molecule has 0 aromatic rings. The molecule has 1 heterocycles. The van der Waals surface area contributed by atoms with Gasteiger partial charge in [-0.1, -0.05) is 13.8 Å². The lowest BCUT2D eigenvalue weighted by Gasteiger charge is -2.13. The molecule has 0 fully saturated rings. The molecule has 50 valence electrons. The van der Waals surface area contributed by atoms with Crippen molar-refractivity contribution in [2.75, 3.05) is 0 Å². The first-order valence-corrected chi connectivity index (χ1v) is 3.29. The van der Waals surface area contributed by atoms with E-state index in [-0.39, 0.29) is 0 Å². The second-order valence-corrected chi connectivity index (χ2v) is 2.61. The molecule has 0 N–H and O–H groups in total. The van der Waals surface area contributed by atoms with Gasteiger partial charge in [-0.05, 0) is 18.1 Å². The van der Waals surface area contributed by atoms with E-state index in [0.29, 0.717) is 11.8 Å². The zero-order chi connectivity index (χ0) is 6.69. The summed E-state index contributed by atoms with van der Waals surface area (Å²) in [4.78, 5) is 0. The van der Waals surface area contributed by atoms with Crippen LogP contribution in [0.25, 0.3) is 0 Å². The van der Waals surface area contributed by atoms with Crippen LogP contribution < -0.4 is 0 Å². The molecule has 0 aromatic carbocycles. The lowest BCUT2D eigenvalue weighted by atomic mass is 9.96. The minimum Gasteiger partial charge on any atom is -0.473 e. The van der Waals surface area contributed by atoms with E-state index in [1.54, 1.807) is 12.5 Å². The van der Waals surface area contributed by atoms with Gasteiger partial charge in [0.25, 0.3) is 0 Å². The Kier molecular flexibility index (Phi) is 1.93. The lowest BCUT2D eigenvalue weighted by molar-refractivity contribution is 0.370. The Bertz CT molecular complexity index is 122. The predicted octanol–water partition coefficient (Wildman–Crippen LogP) is 2.32. The average Bonchev–Trinajstić information content (AvgIpc) is 1.90. The van der Waals surface area contributed by atoms with Crippen LogP contribution in [0.3, 0.4) is 0 Å². The van der Waals surface area contributed by atoms with Crippen molar-refractivity contribution in [3.05, 3.63) is 24.7 Å². The second-order valence-electron chi connectivity index (χ2n) is 2.61. The fourth-order valence-corrected chi connectivity index (χ4v) is 0.826. The van der Waals surface area contributed by atoms with Gasteiger partial charge in [0.15, 0.2) is 0 Å². The summed E-state index contributed by atoms with van der Waals surface area (Å²) < 4.78 is 4.89. The summed E-state index contributed by atoms with van der Waals surface area (Å²) in [5.74, 6) is 1.25. The van der Waals surface area contributed by atoms with Crippen LogP contribution in [-0.2, 0) is 4.74 Å². The Hall–Kier alpha value is -0.720. The molecule has 0 saturated carbocycles. The van der Waals surface area contributed by atoms with Gasteiger partial charge >= 0.3 is 0 Å². The van der Waals surface area contributed by atoms with Crippen molar-refractivity contribution in [3.63, 3.8) is 0 Å². The molecule has 0 aromatic heterocycles. The molecule has 0 saturated heterocycles. The van der Waals surface area contributed by atoms with Crippen LogP contribution in [0.4, 0.5) is 0 Å². The smallest absolute Gasteiger partial charge is 0.0867 e. The molecule has 1 aliphatic heterocycles. The number of ether oxygens (including phenoxy) is 1. The molecular formula is C8H12O. The van der Waals surface area contributed by atoms with Gasteiger partial charge in [0.1, 0.15) is 0 Å². The third-order valence-corrected chi connectivity index (χ3v) is 1.53. The van der Waals surface area contributed by atoms with Crippen molar-refractivity contribution in [1.29, 1.82) is 0 Å². The lowest BCUT2D eigenvalue weighted by Crippen LogP contribution is -2.03. The Balaban J connectivity index is 2.49. The van der Waals surface area contributed by atoms with Crippen molar-refractivity contribution in [2.24, 2.45) is 11.8 Å². The topological polar surface area (TPSA) is 9.23 Å². The van der Waals surface area contributed by atoms with Gasteiger partial charge in [0.05, 0.1) is 12.5 Å². The first kappa shape index (κ1) is 6.40. The summed E-state index contributed by atoms with van der Waals surface area (Å²) in [5, 5.41) is 0. The minimum absolute atomic E-state index is 0.568. The van der Waals surface area contributed by atoms with Crippen molar-refractivity contribution in [3.8, 4) is 0 Å². The zero-order valence-corrected chi connectivity index (χ0v) is 5.87. The van der Waals surface area contributed by atoms with E-state index in [0.717, 1.165) is 0 Å². The normalized spacial score (nSPS) is 18.6. The second kappa shape index (κ2) is 2.72. The molecule has 1 rings (SSSR count). The van der Waals surface area contributed by atoms with Gasteiger partial charge in [-0.25, -0.2) is 0 Å². The van der Waals surface area contributed by atoms with Crippen molar-refractivity contribution in [1.82, 2.24) is 0 Å². The quantitative estimate of drug-likeness (QED) is 0.521. The van der Waals surface area contributed by atoms with Gasteiger partial charge in [-0.2, -0.15) is 0 Å². The molecule has 0 aliphatic carbocycles. The largest absolute Gasteiger partial charge is 0.473 e. The minimum atomic E-state index is 0.568. The molecule has 1 heteroatoms. The molecule has 0 bridgehead atoms. The van der Waals surface area contributed by atoms with Crippen molar-refractivity contribution in [2.45, 2.75) is 13.8 Å². The highest BCUT2D eigenvalue weighted by Crippen LogP contribution is 2.16. The van der Waals surface area contributed by atoms with E-state index in [1.165, 1.54) is 0 Å². The van der Waals surface area contributed by atoms with E-state index >= 15 is 0 Å². The van der Waals surface area contributed by atoms with Gasteiger partial charge in [-0.15, -0.1) is 0 Å². The number of hydrogen-bond acceptors (Lipinski definition) is 1. The fourth-order valence-electron chi connectivity index (χ4n) is 0.826. The molecule has 0 unspecified atom stereocenters. The van der Waals surface area contributed by atoms with Crippen LogP contribution in [0, 0.1) is 11.8 Å². The molecule has 0 atom stereocenters. The van der Waals surface area contributed by atoms with E-state index < -0.39 is 0 Å². The number of hydrogen-bond donors (Lipinski definition) is 0. The standard InChI is InChI=1S/C8H12O/c1-7(2)8-3-5-9-6-4-8/h3-8H,1-2H3. The third-order valence-electron chi connectivity index (χ3n) is 1.53. The third kappa shape index (κ3) is 1.60. The summed E-state index contributed by atoms with van der Waals surface area (Å²) in [6.45, 7) is 4.40. The highest BCUT2D eigenvalue weighted by Gasteiger charge is 2.06. The van der Waals surface area contributed by atoms with Crippen LogP contribution in [0.1, 0.15) is 13.8 Å². The number of allylic oxidation sites excluding steroid dienone is 2. The zero-order valence-electron chi connectivity index (χ0n) is 5.87. The molecule has 1 nitrogen and oxygen atoms in total.